The molecule has 0 radical (unpaired) electrons. The minimum absolute atomic E-state index is 0.825. The van der Waals surface area contributed by atoms with E-state index in [9.17, 15) is 0 Å². The lowest BCUT2D eigenvalue weighted by molar-refractivity contribution is 0.211. The number of hydrogen-bond donors (Lipinski definition) is 1. The average Bonchev–Trinajstić information content (AvgIpc) is 2.42. The Morgan fingerprint density at radius 1 is 1.43 bits per heavy atom. The first-order valence-corrected chi connectivity index (χ1v) is 5.43. The van der Waals surface area contributed by atoms with E-state index in [4.69, 9.17) is 4.84 Å². The minimum atomic E-state index is 0.825. The first kappa shape index (κ1) is 9.40. The van der Waals surface area contributed by atoms with E-state index in [-0.39, 0.29) is 0 Å². The SMILES string of the molecule is CO/N=C1\CSc2ccccc2CN1. The molecule has 0 bridgehead atoms. The number of benzene rings is 1. The first-order chi connectivity index (χ1) is 6.90. The Morgan fingerprint density at radius 3 is 3.14 bits per heavy atom. The van der Waals surface area contributed by atoms with Crippen molar-refractivity contribution in [3.8, 4) is 0 Å². The van der Waals surface area contributed by atoms with E-state index in [1.54, 1.807) is 18.9 Å². The summed E-state index contributed by atoms with van der Waals surface area (Å²) in [5, 5.41) is 7.15. The fourth-order valence-electron chi connectivity index (χ4n) is 1.35. The predicted octanol–water partition coefficient (Wildman–Crippen LogP) is 1.84. The van der Waals surface area contributed by atoms with E-state index in [0.29, 0.717) is 0 Å². The third-order valence-electron chi connectivity index (χ3n) is 2.02. The highest BCUT2D eigenvalue weighted by molar-refractivity contribution is 8.00. The molecule has 74 valence electrons. The monoisotopic (exact) mass is 208 g/mol. The third-order valence-corrected chi connectivity index (χ3v) is 3.15. The molecule has 1 heterocycles. The van der Waals surface area contributed by atoms with Crippen molar-refractivity contribution in [3.05, 3.63) is 29.8 Å². The lowest BCUT2D eigenvalue weighted by Gasteiger charge is -2.03. The van der Waals surface area contributed by atoms with E-state index >= 15 is 0 Å². The minimum Gasteiger partial charge on any atom is -0.398 e. The van der Waals surface area contributed by atoms with E-state index in [0.717, 1.165) is 18.1 Å². The summed E-state index contributed by atoms with van der Waals surface area (Å²) in [6.07, 6.45) is 0. The molecule has 2 rings (SSSR count). The number of nitrogens with one attached hydrogen (secondary N) is 1. The number of nitrogens with zero attached hydrogens (tertiary/aromatic N) is 1. The maximum absolute atomic E-state index is 4.75. The standard InChI is InChI=1S/C10H12N2OS/c1-13-12-10-7-14-9-5-3-2-4-8(9)6-11-10/h2-5H,6-7H2,1H3,(H,11,12). The van der Waals surface area contributed by atoms with Crippen LogP contribution in [0.5, 0.6) is 0 Å². The van der Waals surface area contributed by atoms with Crippen LogP contribution in [0.25, 0.3) is 0 Å². The molecule has 0 unspecified atom stereocenters. The van der Waals surface area contributed by atoms with Crippen LogP contribution < -0.4 is 5.32 Å². The van der Waals surface area contributed by atoms with Gasteiger partial charge in [0.2, 0.25) is 0 Å². The Labute approximate surface area is 87.5 Å². The summed E-state index contributed by atoms with van der Waals surface area (Å²) in [6.45, 7) is 0.825. The van der Waals surface area contributed by atoms with Gasteiger partial charge in [-0.2, -0.15) is 0 Å². The van der Waals surface area contributed by atoms with Crippen LogP contribution in [0.1, 0.15) is 5.56 Å². The molecule has 1 aliphatic heterocycles. The molecule has 3 nitrogen and oxygen atoms in total. The largest absolute Gasteiger partial charge is 0.398 e. The van der Waals surface area contributed by atoms with Crippen LogP contribution in [0.2, 0.25) is 0 Å². The molecule has 4 heteroatoms. The van der Waals surface area contributed by atoms with E-state index < -0.39 is 0 Å². The van der Waals surface area contributed by atoms with Crippen molar-refractivity contribution in [1.82, 2.24) is 5.32 Å². The van der Waals surface area contributed by atoms with Crippen LogP contribution in [0, 0.1) is 0 Å². The van der Waals surface area contributed by atoms with Crippen LogP contribution >= 0.6 is 11.8 Å². The third kappa shape index (κ3) is 2.01. The molecular formula is C10H12N2OS. The predicted molar refractivity (Wildman–Crippen MR) is 58.4 cm³/mol. The van der Waals surface area contributed by atoms with Gasteiger partial charge in [0.15, 0.2) is 5.84 Å². The average molecular weight is 208 g/mol. The van der Waals surface area contributed by atoms with Crippen molar-refractivity contribution >= 4 is 17.6 Å². The second-order valence-corrected chi connectivity index (χ2v) is 3.99. The molecule has 0 aliphatic carbocycles. The summed E-state index contributed by atoms with van der Waals surface area (Å²) in [6, 6.07) is 8.38. The Morgan fingerprint density at radius 2 is 2.29 bits per heavy atom. The Bertz CT molecular complexity index is 323. The first-order valence-electron chi connectivity index (χ1n) is 4.45. The van der Waals surface area contributed by atoms with Crippen molar-refractivity contribution in [1.29, 1.82) is 0 Å². The highest BCUT2D eigenvalue weighted by atomic mass is 32.2. The van der Waals surface area contributed by atoms with Gasteiger partial charge in [-0.1, -0.05) is 23.4 Å². The number of hydrogen-bond acceptors (Lipinski definition) is 3. The summed E-state index contributed by atoms with van der Waals surface area (Å²) in [5.74, 6) is 1.74. The number of oxime groups is 1. The van der Waals surface area contributed by atoms with E-state index in [1.807, 2.05) is 0 Å². The molecule has 0 aromatic heterocycles. The maximum Gasteiger partial charge on any atom is 0.152 e. The van der Waals surface area contributed by atoms with Crippen molar-refractivity contribution < 1.29 is 4.84 Å². The van der Waals surface area contributed by atoms with Crippen molar-refractivity contribution in [2.75, 3.05) is 12.9 Å². The number of amidine groups is 1. The molecule has 1 aliphatic rings. The van der Waals surface area contributed by atoms with Crippen LogP contribution in [-0.2, 0) is 11.4 Å². The van der Waals surface area contributed by atoms with Crippen LogP contribution in [0.4, 0.5) is 0 Å². The molecule has 14 heavy (non-hydrogen) atoms. The number of thioether (sulfide) groups is 1. The lowest BCUT2D eigenvalue weighted by atomic mass is 10.2. The molecule has 1 N–H and O–H groups in total. The summed E-state index contributed by atoms with van der Waals surface area (Å²) < 4.78 is 0. The van der Waals surface area contributed by atoms with Gasteiger partial charge in [-0.15, -0.1) is 11.8 Å². The fourth-order valence-corrected chi connectivity index (χ4v) is 2.30. The molecule has 0 fully saturated rings. The van der Waals surface area contributed by atoms with E-state index in [1.165, 1.54) is 10.5 Å². The summed E-state index contributed by atoms with van der Waals surface area (Å²) >= 11 is 1.78. The Hall–Kier alpha value is -1.16. The van der Waals surface area contributed by atoms with Gasteiger partial charge in [-0.05, 0) is 11.6 Å². The molecule has 0 amide bonds. The zero-order valence-corrected chi connectivity index (χ0v) is 8.80. The lowest BCUT2D eigenvalue weighted by Crippen LogP contribution is -2.23. The van der Waals surface area contributed by atoms with Crippen LogP contribution in [0.15, 0.2) is 34.3 Å². The van der Waals surface area contributed by atoms with Crippen molar-refractivity contribution in [2.24, 2.45) is 5.16 Å². The Kier molecular flexibility index (Phi) is 2.93. The van der Waals surface area contributed by atoms with Gasteiger partial charge in [0, 0.05) is 11.4 Å². The second kappa shape index (κ2) is 4.37. The van der Waals surface area contributed by atoms with Gasteiger partial charge in [0.1, 0.15) is 7.11 Å². The van der Waals surface area contributed by atoms with E-state index in [2.05, 4.69) is 34.7 Å². The molecule has 0 saturated heterocycles. The quantitative estimate of drug-likeness (QED) is 0.715. The molecule has 1 aromatic rings. The van der Waals surface area contributed by atoms with Crippen LogP contribution in [0.3, 0.4) is 0 Å². The molecule has 0 spiro atoms. The number of fused-ring (bicyclic) bond motifs is 1. The summed E-state index contributed by atoms with van der Waals surface area (Å²) in [4.78, 5) is 6.07. The molecular weight excluding hydrogens is 196 g/mol. The normalized spacial score (nSPS) is 18.2. The van der Waals surface area contributed by atoms with Gasteiger partial charge < -0.3 is 10.2 Å². The Balaban J connectivity index is 2.18. The maximum atomic E-state index is 4.75. The highest BCUT2D eigenvalue weighted by Crippen LogP contribution is 2.24. The molecule has 0 atom stereocenters. The van der Waals surface area contributed by atoms with Gasteiger partial charge in [-0.25, -0.2) is 0 Å². The van der Waals surface area contributed by atoms with Gasteiger partial charge in [-0.3, -0.25) is 0 Å². The van der Waals surface area contributed by atoms with Crippen molar-refractivity contribution in [3.63, 3.8) is 0 Å². The topological polar surface area (TPSA) is 33.6 Å². The zero-order valence-electron chi connectivity index (χ0n) is 7.99. The zero-order chi connectivity index (χ0) is 9.80. The van der Waals surface area contributed by atoms with Gasteiger partial charge >= 0.3 is 0 Å². The van der Waals surface area contributed by atoms with Crippen molar-refractivity contribution in [2.45, 2.75) is 11.4 Å². The second-order valence-electron chi connectivity index (χ2n) is 2.97. The van der Waals surface area contributed by atoms with Crippen LogP contribution in [-0.4, -0.2) is 18.7 Å². The summed E-state index contributed by atoms with van der Waals surface area (Å²) in [5.41, 5.74) is 1.32. The highest BCUT2D eigenvalue weighted by Gasteiger charge is 2.10. The number of rotatable bonds is 1. The molecule has 1 aromatic carbocycles. The molecule has 0 saturated carbocycles. The van der Waals surface area contributed by atoms with Gasteiger partial charge in [0.05, 0.1) is 5.75 Å². The smallest absolute Gasteiger partial charge is 0.152 e. The van der Waals surface area contributed by atoms with Gasteiger partial charge in [0.25, 0.3) is 0 Å². The fraction of sp³-hybridized carbons (Fsp3) is 0.300. The summed E-state index contributed by atoms with van der Waals surface area (Å²) in [7, 11) is 1.57.